The Labute approximate surface area is 102 Å². The monoisotopic (exact) mass is 251 g/mol. The molecule has 0 amide bonds. The van der Waals surface area contributed by atoms with E-state index in [9.17, 15) is 4.79 Å². The van der Waals surface area contributed by atoms with Crippen molar-refractivity contribution in [1.82, 2.24) is 0 Å². The lowest BCUT2D eigenvalue weighted by molar-refractivity contribution is -0.143. The molecule has 0 aliphatic carbocycles. The number of aliphatic hydroxyl groups excluding tert-OH is 1. The van der Waals surface area contributed by atoms with Crippen molar-refractivity contribution in [1.29, 1.82) is 0 Å². The number of esters is 1. The van der Waals surface area contributed by atoms with Gasteiger partial charge >= 0.3 is 5.97 Å². The molecule has 0 aromatic rings. The standard InChI is InChI=1S/C10H21NO4S/c11-5-3-9(12)14-6-1-2-7-15-10(13)4-8-16/h9,12,16H,1-8,11H2. The first-order valence-corrected chi connectivity index (χ1v) is 6.10. The first-order chi connectivity index (χ1) is 7.70. The quantitative estimate of drug-likeness (QED) is 0.225. The van der Waals surface area contributed by atoms with Crippen LogP contribution in [-0.4, -0.2) is 42.9 Å². The van der Waals surface area contributed by atoms with Gasteiger partial charge in [-0.1, -0.05) is 0 Å². The largest absolute Gasteiger partial charge is 0.466 e. The summed E-state index contributed by atoms with van der Waals surface area (Å²) >= 11 is 3.92. The van der Waals surface area contributed by atoms with Gasteiger partial charge in [0, 0.05) is 18.8 Å². The summed E-state index contributed by atoms with van der Waals surface area (Å²) in [5.74, 6) is 0.284. The lowest BCUT2D eigenvalue weighted by atomic mass is 10.3. The molecule has 0 aromatic heterocycles. The average Bonchev–Trinajstić information content (AvgIpc) is 2.24. The molecule has 1 unspecified atom stereocenters. The first kappa shape index (κ1) is 15.7. The summed E-state index contributed by atoms with van der Waals surface area (Å²) < 4.78 is 9.97. The predicted octanol–water partition coefficient (Wildman–Crippen LogP) is 0.313. The van der Waals surface area contributed by atoms with E-state index < -0.39 is 6.29 Å². The molecule has 0 bridgehead atoms. The van der Waals surface area contributed by atoms with Gasteiger partial charge in [0.25, 0.3) is 0 Å². The number of hydrogen-bond donors (Lipinski definition) is 3. The average molecular weight is 251 g/mol. The Kier molecular flexibility index (Phi) is 11.0. The summed E-state index contributed by atoms with van der Waals surface area (Å²) in [7, 11) is 0. The number of ether oxygens (including phenoxy) is 2. The van der Waals surface area contributed by atoms with E-state index in [1.165, 1.54) is 0 Å². The molecule has 0 radical (unpaired) electrons. The van der Waals surface area contributed by atoms with E-state index in [1.807, 2.05) is 0 Å². The molecule has 0 rings (SSSR count). The van der Waals surface area contributed by atoms with Gasteiger partial charge < -0.3 is 20.3 Å². The van der Waals surface area contributed by atoms with E-state index in [4.69, 9.17) is 20.3 Å². The SMILES string of the molecule is NCCC(O)OCCCCOC(=O)CCS. The first-order valence-electron chi connectivity index (χ1n) is 5.47. The second-order valence-electron chi connectivity index (χ2n) is 3.30. The van der Waals surface area contributed by atoms with Crippen molar-refractivity contribution in [3.63, 3.8) is 0 Å². The number of thiol groups is 1. The number of aliphatic hydroxyl groups is 1. The van der Waals surface area contributed by atoms with E-state index in [0.29, 0.717) is 38.4 Å². The van der Waals surface area contributed by atoms with Crippen LogP contribution in [-0.2, 0) is 14.3 Å². The molecule has 0 aliphatic heterocycles. The molecule has 0 saturated heterocycles. The molecule has 5 nitrogen and oxygen atoms in total. The third-order valence-corrected chi connectivity index (χ3v) is 2.07. The number of nitrogens with two attached hydrogens (primary N) is 1. The topological polar surface area (TPSA) is 81.8 Å². The molecule has 96 valence electrons. The minimum Gasteiger partial charge on any atom is -0.466 e. The summed E-state index contributed by atoms with van der Waals surface area (Å²) in [6, 6.07) is 0. The molecule has 6 heteroatoms. The number of carbonyl (C=O) groups excluding carboxylic acids is 1. The van der Waals surface area contributed by atoms with Gasteiger partial charge in [-0.2, -0.15) is 12.6 Å². The molecule has 0 saturated carbocycles. The van der Waals surface area contributed by atoms with E-state index in [1.54, 1.807) is 0 Å². The second-order valence-corrected chi connectivity index (χ2v) is 3.75. The van der Waals surface area contributed by atoms with E-state index in [-0.39, 0.29) is 5.97 Å². The number of unbranched alkanes of at least 4 members (excludes halogenated alkanes) is 1. The smallest absolute Gasteiger partial charge is 0.306 e. The highest BCUT2D eigenvalue weighted by atomic mass is 32.1. The Bertz CT molecular complexity index is 180. The van der Waals surface area contributed by atoms with Gasteiger partial charge in [-0.25, -0.2) is 0 Å². The van der Waals surface area contributed by atoms with Crippen LogP contribution in [0.25, 0.3) is 0 Å². The summed E-state index contributed by atoms with van der Waals surface area (Å²) in [6.07, 6.45) is 1.48. The summed E-state index contributed by atoms with van der Waals surface area (Å²) in [4.78, 5) is 10.9. The van der Waals surface area contributed by atoms with Crippen LogP contribution in [0.5, 0.6) is 0 Å². The maximum atomic E-state index is 10.9. The Balaban J connectivity index is 3.18. The summed E-state index contributed by atoms with van der Waals surface area (Å²) in [6.45, 7) is 1.25. The molecule has 0 fully saturated rings. The van der Waals surface area contributed by atoms with Crippen molar-refractivity contribution in [3.05, 3.63) is 0 Å². The highest BCUT2D eigenvalue weighted by Gasteiger charge is 2.02. The minimum absolute atomic E-state index is 0.223. The molecule has 0 spiro atoms. The van der Waals surface area contributed by atoms with Crippen molar-refractivity contribution in [3.8, 4) is 0 Å². The third-order valence-electron chi connectivity index (χ3n) is 1.84. The highest BCUT2D eigenvalue weighted by molar-refractivity contribution is 7.80. The second kappa shape index (κ2) is 11.2. The maximum absolute atomic E-state index is 10.9. The van der Waals surface area contributed by atoms with Gasteiger partial charge in [0.2, 0.25) is 0 Å². The third kappa shape index (κ3) is 10.2. The van der Waals surface area contributed by atoms with Crippen LogP contribution in [0, 0.1) is 0 Å². The molecule has 0 aromatic carbocycles. The van der Waals surface area contributed by atoms with Crippen molar-refractivity contribution in [2.24, 2.45) is 5.73 Å². The number of carbonyl (C=O) groups is 1. The van der Waals surface area contributed by atoms with Crippen LogP contribution in [0.2, 0.25) is 0 Å². The Morgan fingerprint density at radius 1 is 1.38 bits per heavy atom. The van der Waals surface area contributed by atoms with Crippen molar-refractivity contribution < 1.29 is 19.4 Å². The summed E-state index contributed by atoms with van der Waals surface area (Å²) in [5.41, 5.74) is 5.24. The van der Waals surface area contributed by atoms with Crippen LogP contribution < -0.4 is 5.73 Å². The van der Waals surface area contributed by atoms with Gasteiger partial charge in [-0.05, 0) is 19.4 Å². The van der Waals surface area contributed by atoms with Crippen LogP contribution in [0.3, 0.4) is 0 Å². The lowest BCUT2D eigenvalue weighted by Gasteiger charge is -2.10. The van der Waals surface area contributed by atoms with Crippen molar-refractivity contribution in [2.45, 2.75) is 32.0 Å². The van der Waals surface area contributed by atoms with Gasteiger partial charge in [0.15, 0.2) is 6.29 Å². The van der Waals surface area contributed by atoms with Gasteiger partial charge in [0.1, 0.15) is 0 Å². The van der Waals surface area contributed by atoms with Gasteiger partial charge in [-0.3, -0.25) is 4.79 Å². The highest BCUT2D eigenvalue weighted by Crippen LogP contribution is 1.98. The normalized spacial score (nSPS) is 12.4. The number of hydrogen-bond acceptors (Lipinski definition) is 6. The Morgan fingerprint density at radius 3 is 2.69 bits per heavy atom. The molecule has 3 N–H and O–H groups in total. The van der Waals surface area contributed by atoms with Gasteiger partial charge in [-0.15, -0.1) is 0 Å². The Morgan fingerprint density at radius 2 is 2.06 bits per heavy atom. The fourth-order valence-electron chi connectivity index (χ4n) is 0.999. The molecular weight excluding hydrogens is 230 g/mol. The van der Waals surface area contributed by atoms with Crippen LogP contribution in [0.4, 0.5) is 0 Å². The molecule has 0 aliphatic rings. The minimum atomic E-state index is -0.781. The summed E-state index contributed by atoms with van der Waals surface area (Å²) in [5, 5.41) is 9.17. The molecule has 1 atom stereocenters. The predicted molar refractivity (Wildman–Crippen MR) is 64.3 cm³/mol. The van der Waals surface area contributed by atoms with Crippen LogP contribution in [0.15, 0.2) is 0 Å². The van der Waals surface area contributed by atoms with Gasteiger partial charge in [0.05, 0.1) is 13.0 Å². The molecule has 0 heterocycles. The van der Waals surface area contributed by atoms with E-state index >= 15 is 0 Å². The van der Waals surface area contributed by atoms with Crippen LogP contribution in [0.1, 0.15) is 25.7 Å². The fraction of sp³-hybridized carbons (Fsp3) is 0.900. The Hall–Kier alpha value is -0.300. The van der Waals surface area contributed by atoms with Crippen LogP contribution >= 0.6 is 12.6 Å². The number of rotatable bonds is 10. The lowest BCUT2D eigenvalue weighted by Crippen LogP contribution is -2.17. The zero-order valence-corrected chi connectivity index (χ0v) is 10.3. The molecule has 16 heavy (non-hydrogen) atoms. The fourth-order valence-corrected chi connectivity index (χ4v) is 1.18. The van der Waals surface area contributed by atoms with Crippen molar-refractivity contribution >= 4 is 18.6 Å². The van der Waals surface area contributed by atoms with Crippen molar-refractivity contribution in [2.75, 3.05) is 25.5 Å². The maximum Gasteiger partial charge on any atom is 0.306 e. The van der Waals surface area contributed by atoms with E-state index in [2.05, 4.69) is 12.6 Å². The zero-order valence-electron chi connectivity index (χ0n) is 9.43. The molecular formula is C10H21NO4S. The van der Waals surface area contributed by atoms with E-state index in [0.717, 1.165) is 12.8 Å². The zero-order chi connectivity index (χ0) is 12.2.